The average molecular weight is 200 g/mol. The highest BCUT2D eigenvalue weighted by Crippen LogP contribution is 2.31. The Kier molecular flexibility index (Phi) is 3.03. The van der Waals surface area contributed by atoms with Crippen molar-refractivity contribution in [3.63, 3.8) is 0 Å². The molecule has 3 nitrogen and oxygen atoms in total. The highest BCUT2D eigenvalue weighted by Gasteiger charge is 2.25. The highest BCUT2D eigenvalue weighted by molar-refractivity contribution is 7.05. The Balaban J connectivity index is 3.03. The first-order chi connectivity index (χ1) is 5.96. The summed E-state index contributed by atoms with van der Waals surface area (Å²) in [4.78, 5) is 0.912. The van der Waals surface area contributed by atoms with Gasteiger partial charge < -0.3 is 5.11 Å². The smallest absolute Gasteiger partial charge is 0.0914 e. The summed E-state index contributed by atoms with van der Waals surface area (Å²) in [5, 5.41) is 13.8. The summed E-state index contributed by atoms with van der Waals surface area (Å²) in [5.74, 6) is 0. The molecule has 1 rings (SSSR count). The summed E-state index contributed by atoms with van der Waals surface area (Å²) in [6.07, 6.45) is 0.307. The molecular weight excluding hydrogens is 184 g/mol. The number of aliphatic hydroxyl groups is 1. The van der Waals surface area contributed by atoms with Crippen molar-refractivity contribution < 1.29 is 5.11 Å². The van der Waals surface area contributed by atoms with Crippen molar-refractivity contribution in [2.24, 2.45) is 0 Å². The second kappa shape index (κ2) is 3.72. The van der Waals surface area contributed by atoms with Gasteiger partial charge in [-0.05, 0) is 18.0 Å². The van der Waals surface area contributed by atoms with Crippen LogP contribution in [0.5, 0.6) is 0 Å². The topological polar surface area (TPSA) is 46.0 Å². The number of nitrogens with zero attached hydrogens (tertiary/aromatic N) is 2. The van der Waals surface area contributed by atoms with Crippen molar-refractivity contribution in [3.8, 4) is 0 Å². The summed E-state index contributed by atoms with van der Waals surface area (Å²) in [6, 6.07) is 0. The van der Waals surface area contributed by atoms with Crippen molar-refractivity contribution in [3.05, 3.63) is 10.6 Å². The number of hydrogen-bond donors (Lipinski definition) is 1. The van der Waals surface area contributed by atoms with Gasteiger partial charge in [0.25, 0.3) is 0 Å². The van der Waals surface area contributed by atoms with Crippen molar-refractivity contribution >= 4 is 11.5 Å². The number of hydrogen-bond acceptors (Lipinski definition) is 4. The highest BCUT2D eigenvalue weighted by atomic mass is 32.1. The third kappa shape index (κ3) is 2.25. The van der Waals surface area contributed by atoms with Gasteiger partial charge in [-0.2, -0.15) is 0 Å². The molecule has 1 aromatic rings. The molecule has 0 saturated carbocycles. The van der Waals surface area contributed by atoms with E-state index in [2.05, 4.69) is 30.4 Å². The molecule has 0 aliphatic heterocycles. The van der Waals surface area contributed by atoms with Crippen molar-refractivity contribution in [2.45, 2.75) is 45.6 Å². The standard InChI is InChI=1S/C9H16N2OS/c1-5-6(12)7-8(9(2,3)4)10-11-13-7/h6,12H,5H2,1-4H3. The molecule has 0 aliphatic rings. The van der Waals surface area contributed by atoms with Crippen LogP contribution in [0.15, 0.2) is 0 Å². The van der Waals surface area contributed by atoms with Crippen molar-refractivity contribution in [1.29, 1.82) is 0 Å². The Hall–Kier alpha value is -0.480. The van der Waals surface area contributed by atoms with Crippen LogP contribution in [-0.2, 0) is 5.41 Å². The molecule has 0 amide bonds. The van der Waals surface area contributed by atoms with Crippen LogP contribution in [0, 0.1) is 0 Å². The first-order valence-electron chi connectivity index (χ1n) is 4.47. The van der Waals surface area contributed by atoms with Crippen LogP contribution in [0.4, 0.5) is 0 Å². The molecule has 1 unspecified atom stereocenters. The van der Waals surface area contributed by atoms with E-state index >= 15 is 0 Å². The van der Waals surface area contributed by atoms with E-state index in [1.165, 1.54) is 11.5 Å². The van der Waals surface area contributed by atoms with E-state index in [0.717, 1.165) is 10.6 Å². The Morgan fingerprint density at radius 2 is 2.08 bits per heavy atom. The lowest BCUT2D eigenvalue weighted by atomic mass is 9.90. The van der Waals surface area contributed by atoms with Crippen LogP contribution in [0.25, 0.3) is 0 Å². The second-order valence-corrected chi connectivity index (χ2v) is 4.95. The SMILES string of the molecule is CCC(O)c1snnc1C(C)(C)C. The summed E-state index contributed by atoms with van der Waals surface area (Å²) in [7, 11) is 0. The van der Waals surface area contributed by atoms with Crippen molar-refractivity contribution in [1.82, 2.24) is 9.59 Å². The average Bonchev–Trinajstić information content (AvgIpc) is 2.49. The first-order valence-corrected chi connectivity index (χ1v) is 5.25. The molecule has 0 spiro atoms. The Bertz CT molecular complexity index is 277. The fourth-order valence-corrected chi connectivity index (χ4v) is 2.05. The molecule has 1 N–H and O–H groups in total. The molecule has 0 radical (unpaired) electrons. The third-order valence-electron chi connectivity index (χ3n) is 1.91. The number of aliphatic hydroxyl groups excluding tert-OH is 1. The zero-order chi connectivity index (χ0) is 10.1. The monoisotopic (exact) mass is 200 g/mol. The molecule has 0 fully saturated rings. The second-order valence-electron chi connectivity index (χ2n) is 4.16. The lowest BCUT2D eigenvalue weighted by Crippen LogP contribution is -2.15. The zero-order valence-electron chi connectivity index (χ0n) is 8.53. The minimum Gasteiger partial charge on any atom is -0.387 e. The number of aromatic nitrogens is 2. The fourth-order valence-electron chi connectivity index (χ4n) is 1.12. The van der Waals surface area contributed by atoms with Gasteiger partial charge in [-0.1, -0.05) is 32.2 Å². The van der Waals surface area contributed by atoms with Crippen LogP contribution in [-0.4, -0.2) is 14.7 Å². The van der Waals surface area contributed by atoms with E-state index in [9.17, 15) is 5.11 Å². The van der Waals surface area contributed by atoms with Gasteiger partial charge in [0.1, 0.15) is 0 Å². The first kappa shape index (κ1) is 10.6. The molecule has 1 aromatic heterocycles. The molecule has 74 valence electrons. The van der Waals surface area contributed by atoms with Gasteiger partial charge in [-0.25, -0.2) is 0 Å². The van der Waals surface area contributed by atoms with Gasteiger partial charge in [0, 0.05) is 5.41 Å². The molecule has 0 saturated heterocycles. The minimum atomic E-state index is -0.408. The van der Waals surface area contributed by atoms with E-state index < -0.39 is 6.10 Å². The minimum absolute atomic E-state index is 0.0293. The Morgan fingerprint density at radius 3 is 2.54 bits per heavy atom. The van der Waals surface area contributed by atoms with E-state index in [1.807, 2.05) is 6.92 Å². The number of rotatable bonds is 2. The molecule has 13 heavy (non-hydrogen) atoms. The predicted molar refractivity (Wildman–Crippen MR) is 53.9 cm³/mol. The maximum atomic E-state index is 9.69. The molecule has 1 atom stereocenters. The van der Waals surface area contributed by atoms with E-state index in [4.69, 9.17) is 0 Å². The predicted octanol–water partition coefficient (Wildman–Crippen LogP) is 2.28. The van der Waals surface area contributed by atoms with Crippen LogP contribution in [0.3, 0.4) is 0 Å². The van der Waals surface area contributed by atoms with Crippen LogP contribution >= 0.6 is 11.5 Å². The van der Waals surface area contributed by atoms with Crippen LogP contribution in [0.1, 0.15) is 50.8 Å². The van der Waals surface area contributed by atoms with Gasteiger partial charge in [0.15, 0.2) is 0 Å². The lowest BCUT2D eigenvalue weighted by molar-refractivity contribution is 0.175. The lowest BCUT2D eigenvalue weighted by Gasteiger charge is -2.18. The van der Waals surface area contributed by atoms with Crippen LogP contribution in [0.2, 0.25) is 0 Å². The van der Waals surface area contributed by atoms with E-state index in [1.54, 1.807) is 0 Å². The molecule has 0 aromatic carbocycles. The zero-order valence-corrected chi connectivity index (χ0v) is 9.35. The van der Waals surface area contributed by atoms with Gasteiger partial charge in [-0.15, -0.1) is 5.10 Å². The van der Waals surface area contributed by atoms with Gasteiger partial charge in [0.2, 0.25) is 0 Å². The maximum Gasteiger partial charge on any atom is 0.0914 e. The largest absolute Gasteiger partial charge is 0.387 e. The quantitative estimate of drug-likeness (QED) is 0.796. The molecule has 1 heterocycles. The Morgan fingerprint density at radius 1 is 1.46 bits per heavy atom. The van der Waals surface area contributed by atoms with Gasteiger partial charge in [-0.3, -0.25) is 0 Å². The third-order valence-corrected chi connectivity index (χ3v) is 2.74. The molecule has 4 heteroatoms. The maximum absolute atomic E-state index is 9.69. The summed E-state index contributed by atoms with van der Waals surface area (Å²) in [5.41, 5.74) is 0.894. The Labute approximate surface area is 83.0 Å². The molecule has 0 bridgehead atoms. The normalized spacial score (nSPS) is 14.5. The summed E-state index contributed by atoms with van der Waals surface area (Å²) < 4.78 is 3.89. The van der Waals surface area contributed by atoms with Crippen LogP contribution < -0.4 is 0 Å². The summed E-state index contributed by atoms with van der Waals surface area (Å²) >= 11 is 1.30. The summed E-state index contributed by atoms with van der Waals surface area (Å²) in [6.45, 7) is 8.19. The molecular formula is C9H16N2OS. The van der Waals surface area contributed by atoms with Gasteiger partial charge >= 0.3 is 0 Å². The van der Waals surface area contributed by atoms with Crippen molar-refractivity contribution in [2.75, 3.05) is 0 Å². The molecule has 0 aliphatic carbocycles. The van der Waals surface area contributed by atoms with E-state index in [-0.39, 0.29) is 5.41 Å². The fraction of sp³-hybridized carbons (Fsp3) is 0.778. The van der Waals surface area contributed by atoms with E-state index in [0.29, 0.717) is 6.42 Å². The van der Waals surface area contributed by atoms with Gasteiger partial charge in [0.05, 0.1) is 16.7 Å².